The van der Waals surface area contributed by atoms with Crippen molar-refractivity contribution in [2.45, 2.75) is 19.6 Å². The van der Waals surface area contributed by atoms with Gasteiger partial charge in [0, 0.05) is 56.9 Å². The highest BCUT2D eigenvalue weighted by Crippen LogP contribution is 2.18. The fourth-order valence-electron chi connectivity index (χ4n) is 3.59. The van der Waals surface area contributed by atoms with Gasteiger partial charge in [-0.25, -0.2) is 4.98 Å². The van der Waals surface area contributed by atoms with Gasteiger partial charge in [-0.15, -0.1) is 0 Å². The lowest BCUT2D eigenvalue weighted by atomic mass is 10.1. The van der Waals surface area contributed by atoms with Gasteiger partial charge < -0.3 is 9.64 Å². The quantitative estimate of drug-likeness (QED) is 0.530. The van der Waals surface area contributed by atoms with Crippen LogP contribution in [0.4, 0.5) is 0 Å². The van der Waals surface area contributed by atoms with Crippen molar-refractivity contribution < 1.29 is 9.53 Å². The summed E-state index contributed by atoms with van der Waals surface area (Å²) in [5, 5.41) is 0.476. The van der Waals surface area contributed by atoms with Gasteiger partial charge in [-0.1, -0.05) is 35.9 Å². The van der Waals surface area contributed by atoms with E-state index in [1.165, 1.54) is 5.56 Å². The number of nitrogens with zero attached hydrogens (tertiary/aromatic N) is 4. The summed E-state index contributed by atoms with van der Waals surface area (Å²) in [6, 6.07) is 15.6. The predicted octanol–water partition coefficient (Wildman–Crippen LogP) is 3.60. The Kier molecular flexibility index (Phi) is 7.12. The molecule has 1 aliphatic rings. The first-order valence-electron chi connectivity index (χ1n) is 10.4. The molecule has 0 unspecified atom stereocenters. The van der Waals surface area contributed by atoms with E-state index >= 15 is 0 Å². The van der Waals surface area contributed by atoms with Crippen LogP contribution in [0.3, 0.4) is 0 Å². The Morgan fingerprint density at radius 3 is 2.55 bits per heavy atom. The molecule has 0 atom stereocenters. The van der Waals surface area contributed by atoms with Crippen molar-refractivity contribution in [2.75, 3.05) is 26.2 Å². The number of carbonyl (C=O) groups is 1. The molecule has 7 heteroatoms. The predicted molar refractivity (Wildman–Crippen MR) is 120 cm³/mol. The fourth-order valence-corrected chi connectivity index (χ4v) is 3.71. The Balaban J connectivity index is 1.25. The number of ether oxygens (including phenoxy) is 1. The number of amides is 1. The zero-order valence-electron chi connectivity index (χ0n) is 17.3. The second-order valence-corrected chi connectivity index (χ2v) is 8.01. The molecule has 6 nitrogen and oxygen atoms in total. The van der Waals surface area contributed by atoms with Crippen LogP contribution in [0.25, 0.3) is 0 Å². The van der Waals surface area contributed by atoms with Crippen LogP contribution in [0, 0.1) is 0 Å². The van der Waals surface area contributed by atoms with E-state index in [2.05, 4.69) is 27.0 Å². The lowest BCUT2D eigenvalue weighted by Gasteiger charge is -2.34. The lowest BCUT2D eigenvalue weighted by molar-refractivity contribution is -0.132. The Morgan fingerprint density at radius 1 is 0.968 bits per heavy atom. The van der Waals surface area contributed by atoms with Crippen LogP contribution in [0.5, 0.6) is 5.75 Å². The van der Waals surface area contributed by atoms with E-state index in [1.54, 1.807) is 24.7 Å². The molecule has 1 fully saturated rings. The van der Waals surface area contributed by atoms with Crippen molar-refractivity contribution >= 4 is 17.5 Å². The number of hydrogen-bond donors (Lipinski definition) is 0. The first kappa shape index (κ1) is 21.3. The molecule has 3 aromatic rings. The summed E-state index contributed by atoms with van der Waals surface area (Å²) in [7, 11) is 0. The molecular weight excluding hydrogens is 412 g/mol. The van der Waals surface area contributed by atoms with E-state index < -0.39 is 0 Å². The maximum Gasteiger partial charge on any atom is 0.227 e. The Labute approximate surface area is 187 Å². The summed E-state index contributed by atoms with van der Waals surface area (Å²) >= 11 is 5.82. The molecule has 1 saturated heterocycles. The molecule has 0 radical (unpaired) electrons. The van der Waals surface area contributed by atoms with Crippen LogP contribution in [-0.4, -0.2) is 51.9 Å². The van der Waals surface area contributed by atoms with Crippen LogP contribution in [0.1, 0.15) is 16.7 Å². The van der Waals surface area contributed by atoms with Gasteiger partial charge in [0.1, 0.15) is 17.5 Å². The molecule has 4 rings (SSSR count). The minimum Gasteiger partial charge on any atom is -0.489 e. The van der Waals surface area contributed by atoms with Gasteiger partial charge in [0.05, 0.1) is 6.42 Å². The van der Waals surface area contributed by atoms with Crippen LogP contribution in [0.15, 0.2) is 67.1 Å². The van der Waals surface area contributed by atoms with Gasteiger partial charge in [0.15, 0.2) is 0 Å². The van der Waals surface area contributed by atoms with Crippen molar-refractivity contribution in [1.82, 2.24) is 19.8 Å². The monoisotopic (exact) mass is 436 g/mol. The van der Waals surface area contributed by atoms with E-state index in [0.717, 1.165) is 49.6 Å². The van der Waals surface area contributed by atoms with Crippen LogP contribution in [-0.2, 0) is 24.4 Å². The van der Waals surface area contributed by atoms with Gasteiger partial charge in [0.25, 0.3) is 0 Å². The average Bonchev–Trinajstić information content (AvgIpc) is 2.80. The SMILES string of the molecule is O=C(Cc1cccnc1)N1CCN(Cc2cccc(OCc3ccc(Cl)nc3)c2)CC1. The molecule has 0 spiro atoms. The first-order valence-corrected chi connectivity index (χ1v) is 10.7. The largest absolute Gasteiger partial charge is 0.489 e. The first-order chi connectivity index (χ1) is 15.2. The van der Waals surface area contributed by atoms with E-state index in [4.69, 9.17) is 16.3 Å². The molecule has 31 heavy (non-hydrogen) atoms. The fraction of sp³-hybridized carbons (Fsp3) is 0.292. The number of carbonyl (C=O) groups excluding carboxylic acids is 1. The molecule has 1 aromatic carbocycles. The normalized spacial score (nSPS) is 14.4. The Hall–Kier alpha value is -2.96. The third kappa shape index (κ3) is 6.26. The topological polar surface area (TPSA) is 58.6 Å². The molecule has 0 N–H and O–H groups in total. The standard InChI is InChI=1S/C24H25ClN4O2/c25-23-7-6-21(16-27-23)18-31-22-5-1-3-20(13-22)17-28-9-11-29(12-10-28)24(30)14-19-4-2-8-26-15-19/h1-8,13,15-16H,9-12,14,17-18H2. The zero-order valence-corrected chi connectivity index (χ0v) is 18.0. The second kappa shape index (κ2) is 10.4. The van der Waals surface area contributed by atoms with Crippen molar-refractivity contribution in [1.29, 1.82) is 0 Å². The molecule has 1 aliphatic heterocycles. The van der Waals surface area contributed by atoms with E-state index in [1.807, 2.05) is 35.2 Å². The summed E-state index contributed by atoms with van der Waals surface area (Å²) in [5.74, 6) is 0.998. The molecule has 2 aromatic heterocycles. The Morgan fingerprint density at radius 2 is 1.81 bits per heavy atom. The summed E-state index contributed by atoms with van der Waals surface area (Å²) in [4.78, 5) is 25.0. The number of pyridine rings is 2. The number of benzene rings is 1. The number of aromatic nitrogens is 2. The van der Waals surface area contributed by atoms with Gasteiger partial charge in [-0.05, 0) is 35.4 Å². The third-order valence-electron chi connectivity index (χ3n) is 5.30. The third-order valence-corrected chi connectivity index (χ3v) is 5.53. The van der Waals surface area contributed by atoms with Crippen molar-refractivity contribution in [3.8, 4) is 5.75 Å². The molecule has 0 saturated carbocycles. The summed E-state index contributed by atoms with van der Waals surface area (Å²) in [6.07, 6.45) is 5.62. The lowest BCUT2D eigenvalue weighted by Crippen LogP contribution is -2.48. The number of hydrogen-bond acceptors (Lipinski definition) is 5. The zero-order chi connectivity index (χ0) is 21.5. The van der Waals surface area contributed by atoms with Gasteiger partial charge in [-0.3, -0.25) is 14.7 Å². The van der Waals surface area contributed by atoms with Crippen molar-refractivity contribution in [3.63, 3.8) is 0 Å². The van der Waals surface area contributed by atoms with Crippen LogP contribution < -0.4 is 4.74 Å². The Bertz CT molecular complexity index is 990. The maximum absolute atomic E-state index is 12.5. The summed E-state index contributed by atoms with van der Waals surface area (Å²) in [6.45, 7) is 4.51. The van der Waals surface area contributed by atoms with Crippen molar-refractivity contribution in [2.24, 2.45) is 0 Å². The van der Waals surface area contributed by atoms with Gasteiger partial charge >= 0.3 is 0 Å². The molecule has 1 amide bonds. The molecule has 160 valence electrons. The number of rotatable bonds is 7. The van der Waals surface area contributed by atoms with E-state index in [0.29, 0.717) is 18.2 Å². The number of piperazine rings is 1. The van der Waals surface area contributed by atoms with Crippen LogP contribution in [0.2, 0.25) is 5.15 Å². The highest BCUT2D eigenvalue weighted by Gasteiger charge is 2.21. The minimum absolute atomic E-state index is 0.166. The van der Waals surface area contributed by atoms with Gasteiger partial charge in [0.2, 0.25) is 5.91 Å². The van der Waals surface area contributed by atoms with E-state index in [9.17, 15) is 4.79 Å². The smallest absolute Gasteiger partial charge is 0.227 e. The summed E-state index contributed by atoms with van der Waals surface area (Å²) < 4.78 is 5.91. The molecule has 0 bridgehead atoms. The van der Waals surface area contributed by atoms with Crippen LogP contribution >= 0.6 is 11.6 Å². The highest BCUT2D eigenvalue weighted by atomic mass is 35.5. The second-order valence-electron chi connectivity index (χ2n) is 7.62. The molecule has 3 heterocycles. The maximum atomic E-state index is 12.5. The number of halogens is 1. The molecule has 0 aliphatic carbocycles. The molecular formula is C24H25ClN4O2. The highest BCUT2D eigenvalue weighted by molar-refractivity contribution is 6.29. The van der Waals surface area contributed by atoms with E-state index in [-0.39, 0.29) is 5.91 Å². The van der Waals surface area contributed by atoms with Gasteiger partial charge in [-0.2, -0.15) is 0 Å². The van der Waals surface area contributed by atoms with Crippen molar-refractivity contribution in [3.05, 3.63) is 89.0 Å². The minimum atomic E-state index is 0.166. The average molecular weight is 437 g/mol. The summed E-state index contributed by atoms with van der Waals surface area (Å²) in [5.41, 5.74) is 3.13.